The third-order valence-electron chi connectivity index (χ3n) is 4.31. The number of aromatic nitrogens is 1. The molecule has 128 valence electrons. The van der Waals surface area contributed by atoms with Gasteiger partial charge in [0.1, 0.15) is 9.84 Å². The zero-order chi connectivity index (χ0) is 17.2. The number of hydrogen-bond donors (Lipinski definition) is 0. The van der Waals surface area contributed by atoms with Crippen LogP contribution in [0.15, 0.2) is 36.7 Å². The van der Waals surface area contributed by atoms with E-state index in [1.54, 1.807) is 4.90 Å². The minimum absolute atomic E-state index is 0.0641. The summed E-state index contributed by atoms with van der Waals surface area (Å²) >= 11 is 0. The fourth-order valence-corrected chi connectivity index (χ4v) is 3.53. The van der Waals surface area contributed by atoms with Crippen LogP contribution in [0.4, 0.5) is 5.69 Å². The van der Waals surface area contributed by atoms with Gasteiger partial charge in [0.05, 0.1) is 17.6 Å². The minimum atomic E-state index is -3.10. The molecule has 0 saturated carbocycles. The monoisotopic (exact) mass is 347 g/mol. The topological polar surface area (TPSA) is 70.6 Å². The highest BCUT2D eigenvalue weighted by Gasteiger charge is 2.23. The number of carbonyl (C=O) groups is 1. The number of anilines is 1. The zero-order valence-corrected chi connectivity index (χ0v) is 14.5. The van der Waals surface area contributed by atoms with Crippen LogP contribution in [0.5, 0.6) is 0 Å². The molecule has 0 unspecified atom stereocenters. The SMILES string of the molecule is CS(=O)(=O)CCC(=O)N1CCN(c2cncc3ccccc23)CC1. The van der Waals surface area contributed by atoms with E-state index in [9.17, 15) is 13.2 Å². The van der Waals surface area contributed by atoms with Crippen molar-refractivity contribution in [2.45, 2.75) is 6.42 Å². The summed E-state index contributed by atoms with van der Waals surface area (Å²) in [6.45, 7) is 2.65. The molecule has 1 aliphatic rings. The fraction of sp³-hybridized carbons (Fsp3) is 0.412. The maximum absolute atomic E-state index is 12.1. The molecule has 2 aromatic rings. The van der Waals surface area contributed by atoms with Gasteiger partial charge in [-0.2, -0.15) is 0 Å². The highest BCUT2D eigenvalue weighted by molar-refractivity contribution is 7.90. The molecule has 0 spiro atoms. The molecule has 0 N–H and O–H groups in total. The van der Waals surface area contributed by atoms with Crippen molar-refractivity contribution in [1.29, 1.82) is 0 Å². The van der Waals surface area contributed by atoms with E-state index in [2.05, 4.69) is 16.0 Å². The third-order valence-corrected chi connectivity index (χ3v) is 5.25. The maximum atomic E-state index is 12.1. The van der Waals surface area contributed by atoms with Gasteiger partial charge in [-0.05, 0) is 0 Å². The molecule has 3 rings (SSSR count). The largest absolute Gasteiger partial charge is 0.366 e. The Morgan fingerprint density at radius 2 is 1.83 bits per heavy atom. The lowest BCUT2D eigenvalue weighted by Gasteiger charge is -2.36. The number of benzene rings is 1. The minimum Gasteiger partial charge on any atom is -0.366 e. The van der Waals surface area contributed by atoms with Crippen LogP contribution in [0.2, 0.25) is 0 Å². The predicted molar refractivity (Wildman–Crippen MR) is 94.9 cm³/mol. The molecular formula is C17H21N3O3S. The second kappa shape index (κ2) is 6.76. The summed E-state index contributed by atoms with van der Waals surface area (Å²) in [5.41, 5.74) is 1.08. The van der Waals surface area contributed by atoms with Crippen molar-refractivity contribution in [3.05, 3.63) is 36.7 Å². The quantitative estimate of drug-likeness (QED) is 0.834. The number of amides is 1. The van der Waals surface area contributed by atoms with Gasteiger partial charge in [-0.15, -0.1) is 0 Å². The number of nitrogens with zero attached hydrogens (tertiary/aromatic N) is 3. The molecule has 1 aromatic carbocycles. The summed E-state index contributed by atoms with van der Waals surface area (Å²) in [6, 6.07) is 8.12. The van der Waals surface area contributed by atoms with Crippen molar-refractivity contribution in [2.75, 3.05) is 43.1 Å². The highest BCUT2D eigenvalue weighted by atomic mass is 32.2. The number of piperazine rings is 1. The van der Waals surface area contributed by atoms with Gasteiger partial charge >= 0.3 is 0 Å². The molecule has 1 aliphatic heterocycles. The second-order valence-electron chi connectivity index (χ2n) is 6.13. The lowest BCUT2D eigenvalue weighted by molar-refractivity contribution is -0.131. The molecule has 1 aromatic heterocycles. The maximum Gasteiger partial charge on any atom is 0.223 e. The Kier molecular flexibility index (Phi) is 4.71. The van der Waals surface area contributed by atoms with E-state index in [1.165, 1.54) is 0 Å². The molecule has 1 amide bonds. The van der Waals surface area contributed by atoms with Gasteiger partial charge in [-0.25, -0.2) is 8.42 Å². The molecule has 2 heterocycles. The van der Waals surface area contributed by atoms with Gasteiger partial charge in [0.2, 0.25) is 5.91 Å². The Labute approximate surface area is 142 Å². The fourth-order valence-electron chi connectivity index (χ4n) is 2.98. The van der Waals surface area contributed by atoms with Gasteiger partial charge in [0.15, 0.2) is 0 Å². The van der Waals surface area contributed by atoms with Crippen LogP contribution in [0.3, 0.4) is 0 Å². The number of pyridine rings is 1. The molecule has 0 aliphatic carbocycles. The Hall–Kier alpha value is -2.15. The van der Waals surface area contributed by atoms with E-state index < -0.39 is 9.84 Å². The summed E-state index contributed by atoms with van der Waals surface area (Å²) in [4.78, 5) is 20.4. The van der Waals surface area contributed by atoms with Crippen molar-refractivity contribution in [1.82, 2.24) is 9.88 Å². The Morgan fingerprint density at radius 1 is 1.12 bits per heavy atom. The molecule has 7 heteroatoms. The van der Waals surface area contributed by atoms with E-state index >= 15 is 0 Å². The lowest BCUT2D eigenvalue weighted by Crippen LogP contribution is -2.49. The zero-order valence-electron chi connectivity index (χ0n) is 13.7. The van der Waals surface area contributed by atoms with Crippen LogP contribution in [-0.2, 0) is 14.6 Å². The first-order valence-electron chi connectivity index (χ1n) is 7.97. The molecule has 1 fully saturated rings. The van der Waals surface area contributed by atoms with Crippen LogP contribution in [0, 0.1) is 0 Å². The van der Waals surface area contributed by atoms with E-state index in [4.69, 9.17) is 0 Å². The van der Waals surface area contributed by atoms with E-state index in [-0.39, 0.29) is 18.1 Å². The third kappa shape index (κ3) is 3.84. The number of rotatable bonds is 4. The summed E-state index contributed by atoms with van der Waals surface area (Å²) in [6.07, 6.45) is 4.94. The summed E-state index contributed by atoms with van der Waals surface area (Å²) in [7, 11) is -3.10. The van der Waals surface area contributed by atoms with Gasteiger partial charge in [0, 0.05) is 55.8 Å². The van der Waals surface area contributed by atoms with Gasteiger partial charge < -0.3 is 9.80 Å². The highest BCUT2D eigenvalue weighted by Crippen LogP contribution is 2.26. The molecule has 1 saturated heterocycles. The average molecular weight is 347 g/mol. The summed E-state index contributed by atoms with van der Waals surface area (Å²) in [5, 5.41) is 2.26. The molecule has 6 nitrogen and oxygen atoms in total. The number of fused-ring (bicyclic) bond motifs is 1. The van der Waals surface area contributed by atoms with Crippen LogP contribution < -0.4 is 4.90 Å². The second-order valence-corrected chi connectivity index (χ2v) is 8.39. The first-order chi connectivity index (χ1) is 11.4. The first-order valence-corrected chi connectivity index (χ1v) is 10.0. The van der Waals surface area contributed by atoms with Gasteiger partial charge in [0.25, 0.3) is 0 Å². The first kappa shape index (κ1) is 16.7. The summed E-state index contributed by atoms with van der Waals surface area (Å²) < 4.78 is 22.4. The van der Waals surface area contributed by atoms with Crippen LogP contribution >= 0.6 is 0 Å². The van der Waals surface area contributed by atoms with Crippen molar-refractivity contribution >= 4 is 32.2 Å². The van der Waals surface area contributed by atoms with Crippen molar-refractivity contribution in [3.8, 4) is 0 Å². The van der Waals surface area contributed by atoms with Gasteiger partial charge in [-0.3, -0.25) is 9.78 Å². The standard InChI is InChI=1S/C17H21N3O3S/c1-24(22,23)11-6-17(21)20-9-7-19(8-10-20)16-13-18-12-14-4-2-3-5-15(14)16/h2-5,12-13H,6-11H2,1H3. The molecular weight excluding hydrogens is 326 g/mol. The van der Waals surface area contributed by atoms with Crippen LogP contribution in [0.1, 0.15) is 6.42 Å². The average Bonchev–Trinajstić information content (AvgIpc) is 2.59. The smallest absolute Gasteiger partial charge is 0.223 e. The van der Waals surface area contributed by atoms with E-state index in [0.717, 1.165) is 35.8 Å². The van der Waals surface area contributed by atoms with Crippen molar-refractivity contribution < 1.29 is 13.2 Å². The Morgan fingerprint density at radius 3 is 2.54 bits per heavy atom. The van der Waals surface area contributed by atoms with E-state index in [0.29, 0.717) is 13.1 Å². The molecule has 0 bridgehead atoms. The molecule has 0 radical (unpaired) electrons. The van der Waals surface area contributed by atoms with Crippen LogP contribution in [0.25, 0.3) is 10.8 Å². The van der Waals surface area contributed by atoms with E-state index in [1.807, 2.05) is 30.6 Å². The van der Waals surface area contributed by atoms with Crippen molar-refractivity contribution in [3.63, 3.8) is 0 Å². The number of hydrogen-bond acceptors (Lipinski definition) is 5. The Bertz CT molecular complexity index is 838. The summed E-state index contributed by atoms with van der Waals surface area (Å²) in [5.74, 6) is -0.171. The van der Waals surface area contributed by atoms with Crippen LogP contribution in [-0.4, -0.2) is 62.4 Å². The number of carbonyl (C=O) groups excluding carboxylic acids is 1. The van der Waals surface area contributed by atoms with Crippen molar-refractivity contribution in [2.24, 2.45) is 0 Å². The normalized spacial score (nSPS) is 15.7. The molecule has 0 atom stereocenters. The lowest BCUT2D eigenvalue weighted by atomic mass is 10.1. The van der Waals surface area contributed by atoms with Gasteiger partial charge in [-0.1, -0.05) is 24.3 Å². The molecule has 24 heavy (non-hydrogen) atoms. The Balaban J connectivity index is 1.65. The number of sulfone groups is 1. The predicted octanol–water partition coefficient (Wildman–Crippen LogP) is 1.32.